The second-order valence-corrected chi connectivity index (χ2v) is 9.59. The van der Waals surface area contributed by atoms with Gasteiger partial charge in [0.15, 0.2) is 0 Å². The number of alkyl carbamates (subject to hydrolysis) is 1. The van der Waals surface area contributed by atoms with Crippen LogP contribution < -0.4 is 5.32 Å². The van der Waals surface area contributed by atoms with E-state index in [1.165, 1.54) is 18.9 Å². The van der Waals surface area contributed by atoms with Gasteiger partial charge in [-0.1, -0.05) is 48.5 Å². The molecule has 0 aromatic heterocycles. The first kappa shape index (κ1) is 22.4. The molecule has 8 nitrogen and oxygen atoms in total. The van der Waals surface area contributed by atoms with Crippen molar-refractivity contribution in [2.45, 2.75) is 49.3 Å². The smallest absolute Gasteiger partial charge is 0.408 e. The summed E-state index contributed by atoms with van der Waals surface area (Å²) in [5.74, 6) is -1.57. The third-order valence-electron chi connectivity index (χ3n) is 7.49. The van der Waals surface area contributed by atoms with E-state index in [-0.39, 0.29) is 31.6 Å². The number of benzene rings is 2. The molecule has 0 spiro atoms. The Bertz CT molecular complexity index is 1110. The minimum absolute atomic E-state index is 0.0830. The number of likely N-dealkylation sites (tertiary alicyclic amines) is 1. The summed E-state index contributed by atoms with van der Waals surface area (Å²) in [6, 6.07) is 16.1. The van der Waals surface area contributed by atoms with E-state index in [0.29, 0.717) is 12.8 Å². The van der Waals surface area contributed by atoms with Crippen molar-refractivity contribution in [3.8, 4) is 11.1 Å². The maximum absolute atomic E-state index is 13.4. The molecule has 8 heteroatoms. The van der Waals surface area contributed by atoms with E-state index in [2.05, 4.69) is 17.4 Å². The molecule has 2 aromatic rings. The summed E-state index contributed by atoms with van der Waals surface area (Å²) < 4.78 is 10.9. The molecule has 0 bridgehead atoms. The lowest BCUT2D eigenvalue weighted by Gasteiger charge is -2.33. The van der Waals surface area contributed by atoms with Crippen molar-refractivity contribution in [3.05, 3.63) is 59.7 Å². The summed E-state index contributed by atoms with van der Waals surface area (Å²) in [5.41, 5.74) is 1.98. The first-order valence-corrected chi connectivity index (χ1v) is 11.5. The van der Waals surface area contributed by atoms with Crippen molar-refractivity contribution in [2.75, 3.05) is 20.3 Å². The Balaban J connectivity index is 1.28. The summed E-state index contributed by atoms with van der Waals surface area (Å²) >= 11 is 0. The third-order valence-corrected chi connectivity index (χ3v) is 7.49. The molecular weight excluding hydrogens is 436 g/mol. The highest BCUT2D eigenvalue weighted by atomic mass is 16.5. The monoisotopic (exact) mass is 464 g/mol. The fraction of sp³-hybridized carbons (Fsp3) is 0.423. The first-order valence-electron chi connectivity index (χ1n) is 11.5. The first-order chi connectivity index (χ1) is 16.3. The molecule has 1 heterocycles. The number of nitrogens with zero attached hydrogens (tertiary/aromatic N) is 1. The summed E-state index contributed by atoms with van der Waals surface area (Å²) in [6.45, 7) is 1.84. The average Bonchev–Trinajstić information content (AvgIpc) is 3.42. The molecule has 2 atom stereocenters. The Labute approximate surface area is 197 Å². The minimum atomic E-state index is -1.38. The van der Waals surface area contributed by atoms with Crippen LogP contribution in [0.5, 0.6) is 0 Å². The van der Waals surface area contributed by atoms with Gasteiger partial charge in [-0.2, -0.15) is 0 Å². The van der Waals surface area contributed by atoms with Gasteiger partial charge in [0.25, 0.3) is 0 Å². The number of carboxylic acids is 1. The zero-order valence-electron chi connectivity index (χ0n) is 19.2. The van der Waals surface area contributed by atoms with Gasteiger partial charge in [-0.3, -0.25) is 4.79 Å². The van der Waals surface area contributed by atoms with E-state index in [4.69, 9.17) is 9.47 Å². The quantitative estimate of drug-likeness (QED) is 0.681. The summed E-state index contributed by atoms with van der Waals surface area (Å²) in [7, 11) is 1.50. The number of carbonyl (C=O) groups excluding carboxylic acids is 2. The van der Waals surface area contributed by atoms with Crippen molar-refractivity contribution in [1.82, 2.24) is 10.2 Å². The Hall–Kier alpha value is -3.39. The van der Waals surface area contributed by atoms with E-state index in [1.807, 2.05) is 36.4 Å². The molecule has 5 rings (SSSR count). The number of methoxy groups -OCH3 is 1. The van der Waals surface area contributed by atoms with Crippen molar-refractivity contribution < 1.29 is 29.0 Å². The molecule has 178 valence electrons. The number of carboxylic acid groups (broad SMARTS) is 1. The van der Waals surface area contributed by atoms with Gasteiger partial charge in [0.1, 0.15) is 17.7 Å². The fourth-order valence-corrected chi connectivity index (χ4v) is 5.30. The fourth-order valence-electron chi connectivity index (χ4n) is 5.30. The van der Waals surface area contributed by atoms with E-state index in [0.717, 1.165) is 22.3 Å². The Morgan fingerprint density at radius 1 is 1.06 bits per heavy atom. The Morgan fingerprint density at radius 3 is 2.18 bits per heavy atom. The number of hydrogen-bond acceptors (Lipinski definition) is 5. The van der Waals surface area contributed by atoms with Crippen molar-refractivity contribution in [3.63, 3.8) is 0 Å². The van der Waals surface area contributed by atoms with Gasteiger partial charge in [-0.15, -0.1) is 0 Å². The van der Waals surface area contributed by atoms with Gasteiger partial charge in [-0.05, 0) is 42.0 Å². The predicted octanol–water partition coefficient (Wildman–Crippen LogP) is 3.15. The van der Waals surface area contributed by atoms with Crippen molar-refractivity contribution in [2.24, 2.45) is 0 Å². The van der Waals surface area contributed by atoms with Crippen LogP contribution in [-0.2, 0) is 19.1 Å². The summed E-state index contributed by atoms with van der Waals surface area (Å²) in [5, 5.41) is 12.5. The van der Waals surface area contributed by atoms with Crippen LogP contribution in [-0.4, -0.2) is 65.4 Å². The summed E-state index contributed by atoms with van der Waals surface area (Å²) in [6.07, 6.45) is 0.0493. The number of aliphatic carboxylic acids is 1. The van der Waals surface area contributed by atoms with Crippen molar-refractivity contribution in [1.29, 1.82) is 0 Å². The SMILES string of the molecule is COC1CN(C(=O)C2(NC(=O)OCC3c4ccccc4-c4ccccc43)CC2)C(C)(C(=O)O)C1. The van der Waals surface area contributed by atoms with Crippen LogP contribution in [0.2, 0.25) is 0 Å². The molecule has 3 aliphatic rings. The van der Waals surface area contributed by atoms with Crippen LogP contribution in [0, 0.1) is 0 Å². The number of ether oxygens (including phenoxy) is 2. The van der Waals surface area contributed by atoms with Gasteiger partial charge in [0.05, 0.1) is 6.10 Å². The number of hydrogen-bond donors (Lipinski definition) is 2. The van der Waals surface area contributed by atoms with E-state index in [1.54, 1.807) is 0 Å². The highest BCUT2D eigenvalue weighted by Gasteiger charge is 2.60. The predicted molar refractivity (Wildman–Crippen MR) is 123 cm³/mol. The molecule has 34 heavy (non-hydrogen) atoms. The summed E-state index contributed by atoms with van der Waals surface area (Å²) in [4.78, 5) is 39.4. The second kappa shape index (κ2) is 8.13. The number of amides is 2. The van der Waals surface area contributed by atoms with E-state index < -0.39 is 29.0 Å². The molecule has 2 aliphatic carbocycles. The normalized spacial score (nSPS) is 24.3. The molecule has 2 fully saturated rings. The maximum atomic E-state index is 13.4. The molecule has 0 radical (unpaired) electrons. The van der Waals surface area contributed by atoms with Gasteiger partial charge >= 0.3 is 12.1 Å². The van der Waals surface area contributed by atoms with E-state index >= 15 is 0 Å². The minimum Gasteiger partial charge on any atom is -0.480 e. The zero-order valence-corrected chi connectivity index (χ0v) is 19.2. The van der Waals surface area contributed by atoms with Crippen molar-refractivity contribution >= 4 is 18.0 Å². The molecule has 1 saturated carbocycles. The standard InChI is InChI=1S/C26H28N2O6/c1-25(23(30)31)13-16(33-2)14-28(25)22(29)26(11-12-26)27-24(32)34-15-21-19-9-5-3-7-17(19)18-8-4-6-10-20(18)21/h3-10,16,21H,11-15H2,1-2H3,(H,27,32)(H,30,31). The van der Waals surface area contributed by atoms with Crippen LogP contribution in [0.15, 0.2) is 48.5 Å². The molecule has 2 N–H and O–H groups in total. The third kappa shape index (κ3) is 3.53. The highest BCUT2D eigenvalue weighted by molar-refractivity contribution is 5.97. The largest absolute Gasteiger partial charge is 0.480 e. The van der Waals surface area contributed by atoms with Crippen LogP contribution in [0.3, 0.4) is 0 Å². The Morgan fingerprint density at radius 2 is 1.65 bits per heavy atom. The maximum Gasteiger partial charge on any atom is 0.408 e. The van der Waals surface area contributed by atoms with E-state index in [9.17, 15) is 19.5 Å². The average molecular weight is 465 g/mol. The molecule has 2 aromatic carbocycles. The topological polar surface area (TPSA) is 105 Å². The van der Waals surface area contributed by atoms with Crippen LogP contribution in [0.4, 0.5) is 4.79 Å². The number of nitrogens with one attached hydrogen (secondary N) is 1. The van der Waals surface area contributed by atoms with Gasteiger partial charge in [0, 0.05) is 26.0 Å². The zero-order chi connectivity index (χ0) is 24.1. The molecular formula is C26H28N2O6. The highest BCUT2D eigenvalue weighted by Crippen LogP contribution is 2.45. The number of fused-ring (bicyclic) bond motifs is 3. The number of carbonyl (C=O) groups is 3. The molecule has 2 amide bonds. The van der Waals surface area contributed by atoms with Gasteiger partial charge < -0.3 is 24.8 Å². The van der Waals surface area contributed by atoms with Crippen LogP contribution in [0.1, 0.15) is 43.2 Å². The lowest BCUT2D eigenvalue weighted by atomic mass is 9.97. The van der Waals surface area contributed by atoms with Gasteiger partial charge in [0.2, 0.25) is 5.91 Å². The van der Waals surface area contributed by atoms with Crippen LogP contribution >= 0.6 is 0 Å². The van der Waals surface area contributed by atoms with Crippen LogP contribution in [0.25, 0.3) is 11.1 Å². The van der Waals surface area contributed by atoms with Gasteiger partial charge in [-0.25, -0.2) is 9.59 Å². The Kier molecular flexibility index (Phi) is 5.36. The lowest BCUT2D eigenvalue weighted by molar-refractivity contribution is -0.156. The number of rotatable bonds is 6. The molecule has 1 saturated heterocycles. The lowest BCUT2D eigenvalue weighted by Crippen LogP contribution is -2.58. The molecule has 1 aliphatic heterocycles. The molecule has 2 unspecified atom stereocenters. The second-order valence-electron chi connectivity index (χ2n) is 9.59.